The molecule has 1 aliphatic rings. The first-order valence-electron chi connectivity index (χ1n) is 10.1. The molecule has 1 aromatic carbocycles. The van der Waals surface area contributed by atoms with Gasteiger partial charge in [-0.25, -0.2) is 0 Å². The number of rotatable bonds is 8. The molecule has 3 rings (SSSR count). The number of ether oxygens (including phenoxy) is 2. The van der Waals surface area contributed by atoms with Crippen molar-refractivity contribution in [1.29, 1.82) is 0 Å². The highest BCUT2D eigenvalue weighted by atomic mass is 16.5. The second-order valence-electron chi connectivity index (χ2n) is 7.85. The SMILES string of the molecule is COc1ccc(CCCC(=O)N2CCO[C@@H](CN(C)C)[C@@H]2c2cnn(C)c2)cc1. The van der Waals surface area contributed by atoms with E-state index in [2.05, 4.69) is 22.1 Å². The first-order chi connectivity index (χ1) is 14.0. The number of hydrogen-bond donors (Lipinski definition) is 0. The van der Waals surface area contributed by atoms with E-state index in [0.717, 1.165) is 30.7 Å². The normalized spacial score (nSPS) is 19.6. The van der Waals surface area contributed by atoms with E-state index in [0.29, 0.717) is 19.6 Å². The molecule has 2 atom stereocenters. The minimum atomic E-state index is -0.103. The van der Waals surface area contributed by atoms with Gasteiger partial charge in [-0.05, 0) is 44.6 Å². The summed E-state index contributed by atoms with van der Waals surface area (Å²) < 4.78 is 13.0. The highest BCUT2D eigenvalue weighted by Gasteiger charge is 2.37. The van der Waals surface area contributed by atoms with Gasteiger partial charge in [0.15, 0.2) is 0 Å². The third kappa shape index (κ3) is 5.58. The number of nitrogens with zero attached hydrogens (tertiary/aromatic N) is 4. The number of methoxy groups -OCH3 is 1. The third-order valence-electron chi connectivity index (χ3n) is 5.30. The van der Waals surface area contributed by atoms with Crippen LogP contribution in [-0.2, 0) is 23.0 Å². The Kier molecular flexibility index (Phi) is 7.28. The summed E-state index contributed by atoms with van der Waals surface area (Å²) in [5.74, 6) is 1.03. The maximum absolute atomic E-state index is 13.1. The number of aromatic nitrogens is 2. The van der Waals surface area contributed by atoms with E-state index in [-0.39, 0.29) is 18.1 Å². The van der Waals surface area contributed by atoms with Crippen molar-refractivity contribution in [2.24, 2.45) is 7.05 Å². The summed E-state index contributed by atoms with van der Waals surface area (Å²) in [7, 11) is 7.62. The van der Waals surface area contributed by atoms with E-state index in [1.165, 1.54) is 5.56 Å². The van der Waals surface area contributed by atoms with Gasteiger partial charge in [0.05, 0.1) is 32.1 Å². The lowest BCUT2D eigenvalue weighted by atomic mass is 9.99. The van der Waals surface area contributed by atoms with Crippen LogP contribution in [0.5, 0.6) is 5.75 Å². The van der Waals surface area contributed by atoms with Gasteiger partial charge in [0.1, 0.15) is 5.75 Å². The van der Waals surface area contributed by atoms with Crippen molar-refractivity contribution in [3.05, 3.63) is 47.8 Å². The molecule has 2 heterocycles. The van der Waals surface area contributed by atoms with Crippen molar-refractivity contribution in [3.8, 4) is 5.75 Å². The van der Waals surface area contributed by atoms with E-state index in [9.17, 15) is 4.79 Å². The quantitative estimate of drug-likeness (QED) is 0.680. The highest BCUT2D eigenvalue weighted by Crippen LogP contribution is 2.30. The molecule has 1 amide bonds. The summed E-state index contributed by atoms with van der Waals surface area (Å²) in [5.41, 5.74) is 2.25. The molecule has 7 heteroatoms. The average Bonchev–Trinajstić information content (AvgIpc) is 3.13. The van der Waals surface area contributed by atoms with Crippen LogP contribution in [0.1, 0.15) is 30.0 Å². The first-order valence-corrected chi connectivity index (χ1v) is 10.1. The predicted molar refractivity (Wildman–Crippen MR) is 112 cm³/mol. The average molecular weight is 401 g/mol. The number of amides is 1. The molecule has 0 N–H and O–H groups in total. The molecule has 1 fully saturated rings. The number of aryl methyl sites for hydroxylation is 2. The van der Waals surface area contributed by atoms with Gasteiger partial charge in [-0.3, -0.25) is 9.48 Å². The van der Waals surface area contributed by atoms with Crippen LogP contribution in [0.25, 0.3) is 0 Å². The Balaban J connectivity index is 1.65. The van der Waals surface area contributed by atoms with Crippen molar-refractivity contribution in [1.82, 2.24) is 19.6 Å². The van der Waals surface area contributed by atoms with Crippen LogP contribution in [0, 0.1) is 0 Å². The predicted octanol–water partition coefficient (Wildman–Crippen LogP) is 2.28. The van der Waals surface area contributed by atoms with Crippen LogP contribution in [0.2, 0.25) is 0 Å². The molecule has 29 heavy (non-hydrogen) atoms. The zero-order valence-corrected chi connectivity index (χ0v) is 17.9. The van der Waals surface area contributed by atoms with Crippen molar-refractivity contribution in [3.63, 3.8) is 0 Å². The summed E-state index contributed by atoms with van der Waals surface area (Å²) in [6.45, 7) is 1.94. The molecular formula is C22H32N4O3. The fourth-order valence-electron chi connectivity index (χ4n) is 3.89. The fourth-order valence-corrected chi connectivity index (χ4v) is 3.89. The summed E-state index contributed by atoms with van der Waals surface area (Å²) >= 11 is 0. The maximum Gasteiger partial charge on any atom is 0.223 e. The second-order valence-corrected chi connectivity index (χ2v) is 7.85. The van der Waals surface area contributed by atoms with Crippen molar-refractivity contribution >= 4 is 5.91 Å². The molecule has 0 aliphatic carbocycles. The van der Waals surface area contributed by atoms with E-state index in [1.54, 1.807) is 11.8 Å². The van der Waals surface area contributed by atoms with Crippen molar-refractivity contribution in [2.45, 2.75) is 31.4 Å². The van der Waals surface area contributed by atoms with Gasteiger partial charge in [-0.2, -0.15) is 5.10 Å². The Morgan fingerprint density at radius 3 is 2.69 bits per heavy atom. The Labute approximate surface area is 173 Å². The van der Waals surface area contributed by atoms with Crippen LogP contribution in [0.15, 0.2) is 36.7 Å². The number of carbonyl (C=O) groups is 1. The summed E-state index contributed by atoms with van der Waals surface area (Å²) in [5, 5.41) is 4.31. The highest BCUT2D eigenvalue weighted by molar-refractivity contribution is 5.77. The van der Waals surface area contributed by atoms with Gasteiger partial charge in [0.2, 0.25) is 5.91 Å². The van der Waals surface area contributed by atoms with Crippen molar-refractivity contribution in [2.75, 3.05) is 40.9 Å². The van der Waals surface area contributed by atoms with E-state index in [4.69, 9.17) is 9.47 Å². The first kappa shape index (κ1) is 21.3. The molecular weight excluding hydrogens is 368 g/mol. The Morgan fingerprint density at radius 2 is 2.07 bits per heavy atom. The van der Waals surface area contributed by atoms with Gasteiger partial charge in [0, 0.05) is 38.3 Å². The van der Waals surface area contributed by atoms with Crippen molar-refractivity contribution < 1.29 is 14.3 Å². The third-order valence-corrected chi connectivity index (χ3v) is 5.30. The lowest BCUT2D eigenvalue weighted by molar-refractivity contribution is -0.148. The van der Waals surface area contributed by atoms with E-state index >= 15 is 0 Å². The standard InChI is InChI=1S/C22H32N4O3/c1-24(2)16-20-22(18-14-23-25(3)15-18)26(12-13-29-20)21(27)7-5-6-17-8-10-19(28-4)11-9-17/h8-11,14-15,20,22H,5-7,12-13,16H2,1-4H3/t20-,22-/m0/s1. The zero-order valence-electron chi connectivity index (χ0n) is 17.9. The molecule has 158 valence electrons. The van der Waals surface area contributed by atoms with E-state index < -0.39 is 0 Å². The van der Waals surface area contributed by atoms with Gasteiger partial charge in [0.25, 0.3) is 0 Å². The molecule has 1 saturated heterocycles. The van der Waals surface area contributed by atoms with Gasteiger partial charge < -0.3 is 19.3 Å². The van der Waals surface area contributed by atoms with Gasteiger partial charge in [-0.15, -0.1) is 0 Å². The monoisotopic (exact) mass is 400 g/mol. The Morgan fingerprint density at radius 1 is 1.31 bits per heavy atom. The topological polar surface area (TPSA) is 59.8 Å². The number of carbonyl (C=O) groups excluding carboxylic acids is 1. The van der Waals surface area contributed by atoms with E-state index in [1.807, 2.05) is 50.6 Å². The van der Waals surface area contributed by atoms with Crippen LogP contribution in [0.3, 0.4) is 0 Å². The second kappa shape index (κ2) is 9.89. The largest absolute Gasteiger partial charge is 0.497 e. The summed E-state index contributed by atoms with van der Waals surface area (Å²) in [4.78, 5) is 17.2. The van der Waals surface area contributed by atoms with Crippen LogP contribution < -0.4 is 4.74 Å². The molecule has 1 aliphatic heterocycles. The lowest BCUT2D eigenvalue weighted by Crippen LogP contribution is -2.51. The fraction of sp³-hybridized carbons (Fsp3) is 0.545. The number of likely N-dealkylation sites (N-methyl/N-ethyl adjacent to an activating group) is 1. The van der Waals surface area contributed by atoms with Crippen LogP contribution in [-0.4, -0.2) is 72.5 Å². The van der Waals surface area contributed by atoms with Gasteiger partial charge in [-0.1, -0.05) is 12.1 Å². The summed E-state index contributed by atoms with van der Waals surface area (Å²) in [6, 6.07) is 7.94. The number of benzene rings is 1. The molecule has 0 bridgehead atoms. The molecule has 2 aromatic rings. The zero-order chi connectivity index (χ0) is 20.8. The Hall–Kier alpha value is -2.38. The minimum absolute atomic E-state index is 0.0616. The lowest BCUT2D eigenvalue weighted by Gasteiger charge is -2.42. The van der Waals surface area contributed by atoms with Crippen LogP contribution >= 0.6 is 0 Å². The molecule has 0 saturated carbocycles. The molecule has 0 unspecified atom stereocenters. The molecule has 7 nitrogen and oxygen atoms in total. The van der Waals surface area contributed by atoms with Gasteiger partial charge >= 0.3 is 0 Å². The van der Waals surface area contributed by atoms with Crippen LogP contribution in [0.4, 0.5) is 0 Å². The summed E-state index contributed by atoms with van der Waals surface area (Å²) in [6.07, 6.45) is 5.99. The smallest absolute Gasteiger partial charge is 0.223 e. The molecule has 1 aromatic heterocycles. The Bertz CT molecular complexity index is 788. The maximum atomic E-state index is 13.1. The number of morpholine rings is 1. The molecule has 0 radical (unpaired) electrons. The minimum Gasteiger partial charge on any atom is -0.497 e. The number of hydrogen-bond acceptors (Lipinski definition) is 5. The molecule has 0 spiro atoms.